The van der Waals surface area contributed by atoms with E-state index in [0.717, 1.165) is 27.8 Å². The minimum atomic E-state index is -1.18. The summed E-state index contributed by atoms with van der Waals surface area (Å²) < 4.78 is 0. The van der Waals surface area contributed by atoms with Gasteiger partial charge in [-0.1, -0.05) is 103 Å². The lowest BCUT2D eigenvalue weighted by molar-refractivity contribution is 0.370. The number of rotatable bonds is 5. The van der Waals surface area contributed by atoms with Crippen LogP contribution < -0.4 is 5.73 Å². The lowest BCUT2D eigenvalue weighted by Crippen LogP contribution is -2.28. The molecule has 0 aliphatic heterocycles. The van der Waals surface area contributed by atoms with E-state index in [9.17, 15) is 76.6 Å². The van der Waals surface area contributed by atoms with Gasteiger partial charge < -0.3 is 82.3 Å². The zero-order valence-electron chi connectivity index (χ0n) is 42.3. The number of benzene rings is 13. The van der Waals surface area contributed by atoms with Crippen LogP contribution in [-0.4, -0.2) is 76.6 Å². The van der Waals surface area contributed by atoms with Gasteiger partial charge in [0.25, 0.3) is 0 Å². The van der Waals surface area contributed by atoms with Crippen molar-refractivity contribution in [3.05, 3.63) is 155 Å². The van der Waals surface area contributed by atoms with Crippen molar-refractivity contribution < 1.29 is 76.6 Å². The van der Waals surface area contributed by atoms with E-state index in [1.165, 1.54) is 6.92 Å². The maximum atomic E-state index is 12.2. The normalized spacial score (nSPS) is 13.0. The molecule has 398 valence electrons. The third kappa shape index (κ3) is 5.65. The van der Waals surface area contributed by atoms with Crippen LogP contribution in [0.4, 0.5) is 5.69 Å². The van der Waals surface area contributed by atoms with E-state index in [0.29, 0.717) is 22.3 Å². The Morgan fingerprint density at radius 2 is 0.630 bits per heavy atom. The summed E-state index contributed by atoms with van der Waals surface area (Å²) in [5.41, 5.74) is 11.7. The molecule has 16 heteroatoms. The number of nitrogens with two attached hydrogens (primary N) is 1. The Kier molecular flexibility index (Phi) is 9.46. The highest BCUT2D eigenvalue weighted by Gasteiger charge is 2.47. The van der Waals surface area contributed by atoms with Gasteiger partial charge in [-0.3, -0.25) is 0 Å². The van der Waals surface area contributed by atoms with Gasteiger partial charge in [0.2, 0.25) is 5.75 Å². The summed E-state index contributed by atoms with van der Waals surface area (Å²) in [5.74, 6) is -12.8. The molecule has 0 unspecified atom stereocenters. The molecule has 0 heterocycles. The summed E-state index contributed by atoms with van der Waals surface area (Å²) in [6, 6.07) is 37.4. The molecule has 0 radical (unpaired) electrons. The van der Waals surface area contributed by atoms with Crippen molar-refractivity contribution in [2.24, 2.45) is 0 Å². The molecule has 0 amide bonds. The number of anilines is 1. The van der Waals surface area contributed by atoms with Crippen LogP contribution in [0.1, 0.15) is 33.4 Å². The highest BCUT2D eigenvalue weighted by Crippen LogP contribution is 2.66. The minimum Gasteiger partial charge on any atom is -0.507 e. The fourth-order valence-corrected chi connectivity index (χ4v) is 13.4. The third-order valence-electron chi connectivity index (χ3n) is 17.0. The van der Waals surface area contributed by atoms with E-state index in [1.54, 1.807) is 31.2 Å². The van der Waals surface area contributed by atoms with E-state index in [4.69, 9.17) is 5.73 Å². The Labute approximate surface area is 455 Å². The molecule has 0 spiro atoms. The number of hydrogen-bond donors (Lipinski definition) is 16. The van der Waals surface area contributed by atoms with Gasteiger partial charge in [0, 0.05) is 49.0 Å². The number of phenolic OH excluding ortho intramolecular Hbond substituents is 15. The van der Waals surface area contributed by atoms with Crippen LogP contribution in [0.5, 0.6) is 86.2 Å². The lowest BCUT2D eigenvalue weighted by atomic mass is 9.67. The Morgan fingerprint density at radius 1 is 0.272 bits per heavy atom. The molecule has 0 aromatic heterocycles. The number of nitrogen functional groups attached to an aromatic ring is 1. The van der Waals surface area contributed by atoms with Crippen molar-refractivity contribution in [2.45, 2.75) is 19.3 Å². The summed E-state index contributed by atoms with van der Waals surface area (Å²) in [6.45, 7) is 3.07. The fraction of sp³-hybridized carbons (Fsp3) is 0.0462. The van der Waals surface area contributed by atoms with Crippen LogP contribution in [0.25, 0.3) is 109 Å². The lowest BCUT2D eigenvalue weighted by Gasteiger charge is -2.34. The molecule has 81 heavy (non-hydrogen) atoms. The average Bonchev–Trinajstić information content (AvgIpc) is 2.05. The van der Waals surface area contributed by atoms with Crippen LogP contribution in [-0.2, 0) is 5.41 Å². The summed E-state index contributed by atoms with van der Waals surface area (Å²) in [7, 11) is 0. The molecule has 14 rings (SSSR count). The molecule has 16 nitrogen and oxygen atoms in total. The minimum absolute atomic E-state index is 0.000816. The molecule has 17 N–H and O–H groups in total. The topological polar surface area (TPSA) is 329 Å². The zero-order valence-corrected chi connectivity index (χ0v) is 42.3. The van der Waals surface area contributed by atoms with Gasteiger partial charge in [-0.25, -0.2) is 0 Å². The van der Waals surface area contributed by atoms with E-state index < -0.39 is 113 Å². The van der Waals surface area contributed by atoms with Gasteiger partial charge in [-0.2, -0.15) is 0 Å². The molecule has 0 saturated carbocycles. The Hall–Kier alpha value is -11.3. The second kappa shape index (κ2) is 15.9. The maximum Gasteiger partial charge on any atom is 0.201 e. The first kappa shape index (κ1) is 48.1. The summed E-state index contributed by atoms with van der Waals surface area (Å²) in [5, 5.41) is 170. The van der Waals surface area contributed by atoms with Crippen LogP contribution in [0.15, 0.2) is 121 Å². The van der Waals surface area contributed by atoms with Gasteiger partial charge in [-0.05, 0) is 98.6 Å². The molecule has 0 atom stereocenters. The highest BCUT2D eigenvalue weighted by atomic mass is 16.3. The SMILES string of the molecule is Cc1c(O)c(O)c2c(O)c(O)c3c(O)c(O)c(-c4cccc(-c5ccc6c(c5)C(c5ccccc5)(c5ccccc5)c5cc(-c7c(O)c(O)c8c(O)c(O)c9c(O)c(O)c(O)c%10c(O)c(N)c7c8c%109)ccc5-6)c4)c4c(O)c(C)c1c2c34. The molecule has 1 aliphatic rings. The second-order valence-corrected chi connectivity index (χ2v) is 20.7. The maximum absolute atomic E-state index is 12.2. The van der Waals surface area contributed by atoms with Crippen molar-refractivity contribution in [1.29, 1.82) is 0 Å². The molecule has 0 fully saturated rings. The zero-order chi connectivity index (χ0) is 56.9. The van der Waals surface area contributed by atoms with E-state index >= 15 is 0 Å². The molecule has 0 bridgehead atoms. The van der Waals surface area contributed by atoms with Crippen molar-refractivity contribution >= 4 is 70.3 Å². The monoisotopic (exact) mass is 1080 g/mol. The Morgan fingerprint density at radius 3 is 1.16 bits per heavy atom. The quantitative estimate of drug-likeness (QED) is 0.0433. The molecule has 13 aromatic carbocycles. The van der Waals surface area contributed by atoms with Gasteiger partial charge in [0.05, 0.1) is 38.0 Å². The smallest absolute Gasteiger partial charge is 0.201 e. The highest BCUT2D eigenvalue weighted by molar-refractivity contribution is 6.38. The van der Waals surface area contributed by atoms with Crippen molar-refractivity contribution in [3.63, 3.8) is 0 Å². The van der Waals surface area contributed by atoms with Crippen LogP contribution >= 0.6 is 0 Å². The molecular weight excluding hydrogens is 1030 g/mol. The third-order valence-corrected chi connectivity index (χ3v) is 17.0. The fourth-order valence-electron chi connectivity index (χ4n) is 13.4. The Bertz CT molecular complexity index is 4930. The van der Waals surface area contributed by atoms with E-state index in [2.05, 4.69) is 0 Å². The predicted molar refractivity (Wildman–Crippen MR) is 306 cm³/mol. The Balaban J connectivity index is 1.03. The van der Waals surface area contributed by atoms with E-state index in [1.807, 2.05) is 97.1 Å². The average molecular weight is 1080 g/mol. The van der Waals surface area contributed by atoms with Crippen molar-refractivity contribution in [3.8, 4) is 131 Å². The largest absolute Gasteiger partial charge is 0.507 e. The first-order valence-electron chi connectivity index (χ1n) is 25.3. The number of hydrogen-bond acceptors (Lipinski definition) is 16. The summed E-state index contributed by atoms with van der Waals surface area (Å²) >= 11 is 0. The van der Waals surface area contributed by atoms with Crippen molar-refractivity contribution in [1.82, 2.24) is 0 Å². The number of aromatic hydroxyl groups is 15. The molecule has 0 saturated heterocycles. The first-order valence-corrected chi connectivity index (χ1v) is 25.3. The molecule has 13 aromatic rings. The van der Waals surface area contributed by atoms with Gasteiger partial charge in [0.1, 0.15) is 5.75 Å². The second-order valence-electron chi connectivity index (χ2n) is 20.7. The predicted octanol–water partition coefficient (Wildman–Crippen LogP) is 12.6. The molecule has 1 aliphatic carbocycles. The number of phenols is 15. The van der Waals surface area contributed by atoms with E-state index in [-0.39, 0.29) is 76.7 Å². The van der Waals surface area contributed by atoms with Gasteiger partial charge in [-0.15, -0.1) is 0 Å². The number of aryl methyl sites for hydroxylation is 2. The van der Waals surface area contributed by atoms with Gasteiger partial charge >= 0.3 is 0 Å². The summed E-state index contributed by atoms with van der Waals surface area (Å²) in [4.78, 5) is 0. The van der Waals surface area contributed by atoms with Crippen molar-refractivity contribution in [2.75, 3.05) is 5.73 Å². The first-order chi connectivity index (χ1) is 38.7. The molecular formula is C65H43NO15. The van der Waals surface area contributed by atoms with Crippen LogP contribution in [0, 0.1) is 13.8 Å². The summed E-state index contributed by atoms with van der Waals surface area (Å²) in [6.07, 6.45) is 0. The van der Waals surface area contributed by atoms with Crippen LogP contribution in [0.2, 0.25) is 0 Å². The van der Waals surface area contributed by atoms with Gasteiger partial charge in [0.15, 0.2) is 74.7 Å². The standard InChI is InChI=1S/C65H43NO15/c1-23-35-24(2)51(68)55(72)45-38(35)40-43(50(23)67)37(54(71)57(74)47(40)60(77)58(45)75)27-11-9-10-25(20-27)26-16-18-31-32-19-17-28(22-34(32)65(33(31)21-26,29-12-5-3-6-13-29)30-14-7-4-8-15-30)36-42-39-41-44(52(69)49(42)66)62(79)64(81)63(80)48(41)61(78)59(76)46(39)56(73)53(36)70/h3-22,67-81H,66H2,1-2H3. The number of fused-ring (bicyclic) bond motifs is 3. The van der Waals surface area contributed by atoms with Crippen LogP contribution in [0.3, 0.4) is 0 Å².